The fraction of sp³-hybridized carbons (Fsp3) is 0.571. The molecule has 1 aliphatic heterocycles. The summed E-state index contributed by atoms with van der Waals surface area (Å²) in [5.41, 5.74) is 0.843. The highest BCUT2D eigenvalue weighted by molar-refractivity contribution is 6.47. The summed E-state index contributed by atoms with van der Waals surface area (Å²) < 4.78 is 0. The molecule has 3 aliphatic rings. The molecule has 4 rings (SSSR count). The second-order valence-electron chi connectivity index (χ2n) is 7.81. The van der Waals surface area contributed by atoms with Gasteiger partial charge in [-0.05, 0) is 38.5 Å². The molecule has 0 saturated heterocycles. The molecule has 0 aromatic heterocycles. The zero-order chi connectivity index (χ0) is 18.0. The largest absolute Gasteiger partial charge is 0.352 e. The topological polar surface area (TPSA) is 61.8 Å². The molecule has 1 aromatic carbocycles. The molecule has 1 heterocycles. The van der Waals surface area contributed by atoms with Crippen LogP contribution in [0, 0.1) is 0 Å². The molecule has 5 heteroatoms. The first kappa shape index (κ1) is 17.3. The summed E-state index contributed by atoms with van der Waals surface area (Å²) in [5.74, 6) is -0.139. The SMILES string of the molecule is O=C(CN1C(=O)C(c2ccccc2)=NC12CCCCC2)NC1CCCC1. The van der Waals surface area contributed by atoms with Crippen LogP contribution >= 0.6 is 0 Å². The van der Waals surface area contributed by atoms with Crippen molar-refractivity contribution in [1.82, 2.24) is 10.2 Å². The van der Waals surface area contributed by atoms with Crippen molar-refractivity contribution in [1.29, 1.82) is 0 Å². The van der Waals surface area contributed by atoms with Crippen molar-refractivity contribution in [2.75, 3.05) is 6.54 Å². The quantitative estimate of drug-likeness (QED) is 0.904. The molecule has 26 heavy (non-hydrogen) atoms. The van der Waals surface area contributed by atoms with Crippen molar-refractivity contribution in [2.24, 2.45) is 4.99 Å². The molecule has 1 N–H and O–H groups in total. The number of benzene rings is 1. The molecule has 2 saturated carbocycles. The molecule has 1 spiro atoms. The first-order chi connectivity index (χ1) is 12.7. The van der Waals surface area contributed by atoms with Gasteiger partial charge in [0.2, 0.25) is 5.91 Å². The lowest BCUT2D eigenvalue weighted by atomic mass is 9.88. The minimum absolute atomic E-state index is 0.0419. The van der Waals surface area contributed by atoms with E-state index in [0.29, 0.717) is 5.71 Å². The third-order valence-corrected chi connectivity index (χ3v) is 5.99. The summed E-state index contributed by atoms with van der Waals surface area (Å²) in [5, 5.41) is 3.12. The van der Waals surface area contributed by atoms with Crippen LogP contribution in [0.4, 0.5) is 0 Å². The van der Waals surface area contributed by atoms with Gasteiger partial charge in [0, 0.05) is 11.6 Å². The van der Waals surface area contributed by atoms with E-state index < -0.39 is 5.66 Å². The van der Waals surface area contributed by atoms with E-state index in [1.54, 1.807) is 4.90 Å². The molecule has 2 amide bonds. The number of nitrogens with one attached hydrogen (secondary N) is 1. The Labute approximate surface area is 154 Å². The van der Waals surface area contributed by atoms with Gasteiger partial charge in [-0.1, -0.05) is 49.6 Å². The van der Waals surface area contributed by atoms with Crippen LogP contribution in [-0.2, 0) is 9.59 Å². The van der Waals surface area contributed by atoms with E-state index in [1.165, 1.54) is 19.3 Å². The summed E-state index contributed by atoms with van der Waals surface area (Å²) >= 11 is 0. The average molecular weight is 353 g/mol. The Morgan fingerprint density at radius 1 is 1.08 bits per heavy atom. The van der Waals surface area contributed by atoms with Gasteiger partial charge >= 0.3 is 0 Å². The third kappa shape index (κ3) is 3.27. The molecule has 2 fully saturated rings. The van der Waals surface area contributed by atoms with Crippen LogP contribution in [0.1, 0.15) is 63.4 Å². The summed E-state index contributed by atoms with van der Waals surface area (Å²) in [7, 11) is 0. The van der Waals surface area contributed by atoms with Crippen molar-refractivity contribution >= 4 is 17.5 Å². The van der Waals surface area contributed by atoms with Gasteiger partial charge < -0.3 is 10.2 Å². The summed E-state index contributed by atoms with van der Waals surface area (Å²) in [6.45, 7) is 0.120. The predicted octanol–water partition coefficient (Wildman–Crippen LogP) is 3.04. The summed E-state index contributed by atoms with van der Waals surface area (Å²) in [6.07, 6.45) is 9.45. The van der Waals surface area contributed by atoms with Gasteiger partial charge in [0.05, 0.1) is 0 Å². The van der Waals surface area contributed by atoms with Crippen molar-refractivity contribution in [3.63, 3.8) is 0 Å². The van der Waals surface area contributed by atoms with Gasteiger partial charge in [0.15, 0.2) is 0 Å². The van der Waals surface area contributed by atoms with E-state index in [4.69, 9.17) is 4.99 Å². The molecule has 0 unspecified atom stereocenters. The molecule has 138 valence electrons. The normalized spacial score (nSPS) is 22.7. The fourth-order valence-corrected chi connectivity index (χ4v) is 4.62. The predicted molar refractivity (Wildman–Crippen MR) is 101 cm³/mol. The highest BCUT2D eigenvalue weighted by Crippen LogP contribution is 2.39. The second kappa shape index (κ2) is 7.22. The van der Waals surface area contributed by atoms with E-state index in [2.05, 4.69) is 5.32 Å². The van der Waals surface area contributed by atoms with Gasteiger partial charge in [-0.2, -0.15) is 0 Å². The smallest absolute Gasteiger partial charge is 0.275 e. The number of nitrogens with zero attached hydrogens (tertiary/aromatic N) is 2. The maximum Gasteiger partial charge on any atom is 0.275 e. The van der Waals surface area contributed by atoms with Crippen LogP contribution in [0.25, 0.3) is 0 Å². The Hall–Kier alpha value is -2.17. The molecular weight excluding hydrogens is 326 g/mol. The van der Waals surface area contributed by atoms with Crippen LogP contribution in [0.15, 0.2) is 35.3 Å². The van der Waals surface area contributed by atoms with Crippen LogP contribution in [0.5, 0.6) is 0 Å². The van der Waals surface area contributed by atoms with Crippen molar-refractivity contribution in [3.05, 3.63) is 35.9 Å². The van der Waals surface area contributed by atoms with Gasteiger partial charge in [-0.3, -0.25) is 14.6 Å². The zero-order valence-corrected chi connectivity index (χ0v) is 15.2. The number of hydrogen-bond acceptors (Lipinski definition) is 3. The molecule has 0 radical (unpaired) electrons. The van der Waals surface area contributed by atoms with E-state index >= 15 is 0 Å². The minimum atomic E-state index is -0.520. The Morgan fingerprint density at radius 2 is 1.77 bits per heavy atom. The Balaban J connectivity index is 1.56. The standard InChI is InChI=1S/C21H27N3O2/c25-18(22-17-11-5-6-12-17)15-24-20(26)19(16-9-3-1-4-10-16)23-21(24)13-7-2-8-14-21/h1,3-4,9-10,17H,2,5-8,11-15H2,(H,22,25). The van der Waals surface area contributed by atoms with E-state index in [1.807, 2.05) is 30.3 Å². The molecule has 2 aliphatic carbocycles. The zero-order valence-electron chi connectivity index (χ0n) is 15.2. The Morgan fingerprint density at radius 3 is 2.46 bits per heavy atom. The van der Waals surface area contributed by atoms with Crippen LogP contribution in [0.3, 0.4) is 0 Å². The summed E-state index contributed by atoms with van der Waals surface area (Å²) in [4.78, 5) is 32.4. The lowest BCUT2D eigenvalue weighted by Gasteiger charge is -2.39. The molecule has 5 nitrogen and oxygen atoms in total. The number of carbonyl (C=O) groups excluding carboxylic acids is 2. The molecule has 1 aromatic rings. The van der Waals surface area contributed by atoms with Gasteiger partial charge in [-0.25, -0.2) is 0 Å². The van der Waals surface area contributed by atoms with Crippen LogP contribution in [-0.4, -0.2) is 40.7 Å². The minimum Gasteiger partial charge on any atom is -0.352 e. The van der Waals surface area contributed by atoms with E-state index in [9.17, 15) is 9.59 Å². The Bertz CT molecular complexity index is 701. The first-order valence-corrected chi connectivity index (χ1v) is 9.95. The monoisotopic (exact) mass is 353 g/mol. The van der Waals surface area contributed by atoms with Gasteiger partial charge in [0.25, 0.3) is 5.91 Å². The van der Waals surface area contributed by atoms with Crippen molar-refractivity contribution in [2.45, 2.75) is 69.5 Å². The highest BCUT2D eigenvalue weighted by atomic mass is 16.2. The van der Waals surface area contributed by atoms with E-state index in [0.717, 1.165) is 44.1 Å². The van der Waals surface area contributed by atoms with Crippen molar-refractivity contribution < 1.29 is 9.59 Å². The lowest BCUT2D eigenvalue weighted by molar-refractivity contribution is -0.136. The third-order valence-electron chi connectivity index (χ3n) is 5.99. The Kier molecular flexibility index (Phi) is 4.79. The van der Waals surface area contributed by atoms with Gasteiger partial charge in [0.1, 0.15) is 17.9 Å². The average Bonchev–Trinajstić information content (AvgIpc) is 3.26. The number of amides is 2. The first-order valence-electron chi connectivity index (χ1n) is 9.95. The number of rotatable bonds is 4. The van der Waals surface area contributed by atoms with E-state index in [-0.39, 0.29) is 24.4 Å². The number of aliphatic imine (C=N–C) groups is 1. The molecule has 0 atom stereocenters. The number of carbonyl (C=O) groups is 2. The van der Waals surface area contributed by atoms with Crippen molar-refractivity contribution in [3.8, 4) is 0 Å². The van der Waals surface area contributed by atoms with Gasteiger partial charge in [-0.15, -0.1) is 0 Å². The van der Waals surface area contributed by atoms with Crippen LogP contribution < -0.4 is 5.32 Å². The lowest BCUT2D eigenvalue weighted by Crippen LogP contribution is -2.52. The highest BCUT2D eigenvalue weighted by Gasteiger charge is 2.48. The summed E-state index contributed by atoms with van der Waals surface area (Å²) in [6, 6.07) is 9.91. The number of hydrogen-bond donors (Lipinski definition) is 1. The van der Waals surface area contributed by atoms with Crippen LogP contribution in [0.2, 0.25) is 0 Å². The maximum atomic E-state index is 13.2. The molecule has 0 bridgehead atoms. The molecular formula is C21H27N3O2. The fourth-order valence-electron chi connectivity index (χ4n) is 4.62. The second-order valence-corrected chi connectivity index (χ2v) is 7.81. The maximum absolute atomic E-state index is 13.2.